The van der Waals surface area contributed by atoms with Crippen LogP contribution >= 0.6 is 0 Å². The molecule has 0 unspecified atom stereocenters. The average molecular weight is 255 g/mol. The summed E-state index contributed by atoms with van der Waals surface area (Å²) in [6, 6.07) is 0. The SMILES string of the molecule is Cc1nn(-c2ncnc3nc[nH]c23)c2n[nH]c(N)c12. The summed E-state index contributed by atoms with van der Waals surface area (Å²) >= 11 is 0. The summed E-state index contributed by atoms with van der Waals surface area (Å²) in [6.07, 6.45) is 3.01. The molecule has 9 nitrogen and oxygen atoms in total. The first-order valence-electron chi connectivity index (χ1n) is 5.59. The summed E-state index contributed by atoms with van der Waals surface area (Å²) in [5.41, 5.74) is 8.53. The van der Waals surface area contributed by atoms with Gasteiger partial charge in [0.05, 0.1) is 17.4 Å². The van der Waals surface area contributed by atoms with Gasteiger partial charge in [-0.15, -0.1) is 0 Å². The maximum atomic E-state index is 5.84. The molecule has 0 saturated carbocycles. The van der Waals surface area contributed by atoms with E-state index in [1.54, 1.807) is 11.0 Å². The van der Waals surface area contributed by atoms with E-state index in [4.69, 9.17) is 5.73 Å². The maximum absolute atomic E-state index is 5.84. The first-order valence-corrected chi connectivity index (χ1v) is 5.59. The maximum Gasteiger partial charge on any atom is 0.188 e. The zero-order valence-corrected chi connectivity index (χ0v) is 9.92. The van der Waals surface area contributed by atoms with E-state index in [0.29, 0.717) is 28.4 Å². The van der Waals surface area contributed by atoms with Gasteiger partial charge in [-0.1, -0.05) is 0 Å². The second kappa shape index (κ2) is 3.28. The highest BCUT2D eigenvalue weighted by atomic mass is 15.4. The third-order valence-electron chi connectivity index (χ3n) is 2.99. The van der Waals surface area contributed by atoms with Gasteiger partial charge in [-0.3, -0.25) is 5.10 Å². The van der Waals surface area contributed by atoms with E-state index >= 15 is 0 Å². The molecule has 9 heteroatoms. The van der Waals surface area contributed by atoms with Crippen LogP contribution in [0, 0.1) is 6.92 Å². The van der Waals surface area contributed by atoms with Crippen LogP contribution in [0.15, 0.2) is 12.7 Å². The van der Waals surface area contributed by atoms with Crippen molar-refractivity contribution in [2.75, 3.05) is 5.73 Å². The lowest BCUT2D eigenvalue weighted by atomic mass is 10.3. The number of aryl methyl sites for hydroxylation is 1. The number of nitrogens with zero attached hydrogens (tertiary/aromatic N) is 6. The Kier molecular flexibility index (Phi) is 1.73. The molecule has 0 aliphatic carbocycles. The van der Waals surface area contributed by atoms with Crippen LogP contribution in [-0.4, -0.2) is 39.9 Å². The fourth-order valence-electron chi connectivity index (χ4n) is 2.16. The Labute approximate surface area is 105 Å². The molecule has 0 saturated heterocycles. The number of nitrogens with two attached hydrogens (primary N) is 1. The van der Waals surface area contributed by atoms with Crippen molar-refractivity contribution in [3.05, 3.63) is 18.3 Å². The molecular formula is C10H9N9. The highest BCUT2D eigenvalue weighted by Crippen LogP contribution is 2.25. The van der Waals surface area contributed by atoms with Crippen molar-refractivity contribution in [2.45, 2.75) is 6.92 Å². The Hall–Kier alpha value is -2.97. The van der Waals surface area contributed by atoms with Crippen LogP contribution in [-0.2, 0) is 0 Å². The molecule has 0 amide bonds. The Balaban J connectivity index is 2.12. The number of fused-ring (bicyclic) bond motifs is 2. The van der Waals surface area contributed by atoms with E-state index in [0.717, 1.165) is 11.1 Å². The van der Waals surface area contributed by atoms with Crippen LogP contribution in [0.3, 0.4) is 0 Å². The van der Waals surface area contributed by atoms with Crippen molar-refractivity contribution in [3.8, 4) is 5.82 Å². The third kappa shape index (κ3) is 1.20. The predicted octanol–water partition coefficient (Wildman–Crippen LogP) is 0.306. The number of hydrogen-bond acceptors (Lipinski definition) is 6. The van der Waals surface area contributed by atoms with Crippen molar-refractivity contribution in [3.63, 3.8) is 0 Å². The fourth-order valence-corrected chi connectivity index (χ4v) is 2.16. The van der Waals surface area contributed by atoms with Crippen molar-refractivity contribution < 1.29 is 0 Å². The molecule has 0 spiro atoms. The highest BCUT2D eigenvalue weighted by Gasteiger charge is 2.18. The molecule has 4 rings (SSSR count). The summed E-state index contributed by atoms with van der Waals surface area (Å²) in [6.45, 7) is 1.87. The van der Waals surface area contributed by atoms with Crippen molar-refractivity contribution in [1.29, 1.82) is 0 Å². The Morgan fingerprint density at radius 3 is 3.05 bits per heavy atom. The molecule has 0 fully saturated rings. The minimum absolute atomic E-state index is 0.494. The molecule has 0 radical (unpaired) electrons. The van der Waals surface area contributed by atoms with Crippen LogP contribution < -0.4 is 5.73 Å². The average Bonchev–Trinajstić information content (AvgIpc) is 3.07. The minimum atomic E-state index is 0.494. The smallest absolute Gasteiger partial charge is 0.188 e. The van der Waals surface area contributed by atoms with Gasteiger partial charge in [0.2, 0.25) is 0 Å². The lowest BCUT2D eigenvalue weighted by Crippen LogP contribution is -2.02. The highest BCUT2D eigenvalue weighted by molar-refractivity contribution is 5.91. The number of anilines is 1. The molecule has 19 heavy (non-hydrogen) atoms. The quantitative estimate of drug-likeness (QED) is 0.449. The Morgan fingerprint density at radius 2 is 2.16 bits per heavy atom. The van der Waals surface area contributed by atoms with Gasteiger partial charge in [0, 0.05) is 0 Å². The first kappa shape index (κ1) is 10.00. The molecule has 0 aliphatic heterocycles. The van der Waals surface area contributed by atoms with Gasteiger partial charge >= 0.3 is 0 Å². The number of hydrogen-bond donors (Lipinski definition) is 3. The zero-order chi connectivity index (χ0) is 13.0. The van der Waals surface area contributed by atoms with Gasteiger partial charge in [0.15, 0.2) is 17.1 Å². The van der Waals surface area contributed by atoms with Gasteiger partial charge in [-0.05, 0) is 6.92 Å². The van der Waals surface area contributed by atoms with Crippen LogP contribution in [0.2, 0.25) is 0 Å². The second-order valence-corrected chi connectivity index (χ2v) is 4.13. The number of nitrogens with one attached hydrogen (secondary N) is 2. The number of rotatable bonds is 1. The van der Waals surface area contributed by atoms with Crippen LogP contribution in [0.1, 0.15) is 5.69 Å². The monoisotopic (exact) mass is 255 g/mol. The molecular weight excluding hydrogens is 246 g/mol. The lowest BCUT2D eigenvalue weighted by Gasteiger charge is -2.00. The van der Waals surface area contributed by atoms with Crippen molar-refractivity contribution in [1.82, 2.24) is 39.9 Å². The van der Waals surface area contributed by atoms with Gasteiger partial charge in [-0.25, -0.2) is 15.0 Å². The van der Waals surface area contributed by atoms with Crippen LogP contribution in [0.25, 0.3) is 28.0 Å². The molecule has 94 valence electrons. The largest absolute Gasteiger partial charge is 0.383 e. The van der Waals surface area contributed by atoms with Crippen molar-refractivity contribution in [2.24, 2.45) is 0 Å². The van der Waals surface area contributed by atoms with Crippen molar-refractivity contribution >= 4 is 28.0 Å². The number of aromatic amines is 2. The van der Waals surface area contributed by atoms with Crippen LogP contribution in [0.5, 0.6) is 0 Å². The van der Waals surface area contributed by atoms with E-state index in [2.05, 4.69) is 35.2 Å². The zero-order valence-electron chi connectivity index (χ0n) is 9.92. The summed E-state index contributed by atoms with van der Waals surface area (Å²) in [7, 11) is 0. The van der Waals surface area contributed by atoms with Gasteiger partial charge in [0.1, 0.15) is 17.7 Å². The Morgan fingerprint density at radius 1 is 1.26 bits per heavy atom. The molecule has 4 heterocycles. The number of imidazole rings is 1. The topological polar surface area (TPSA) is 127 Å². The third-order valence-corrected chi connectivity index (χ3v) is 2.99. The predicted molar refractivity (Wildman–Crippen MR) is 67.6 cm³/mol. The molecule has 4 N–H and O–H groups in total. The first-order chi connectivity index (χ1) is 9.25. The van der Waals surface area contributed by atoms with Gasteiger partial charge in [-0.2, -0.15) is 14.9 Å². The number of nitrogen functional groups attached to an aromatic ring is 1. The molecule has 0 aromatic carbocycles. The Bertz CT molecular complexity index is 896. The fraction of sp³-hybridized carbons (Fsp3) is 0.100. The van der Waals surface area contributed by atoms with Crippen LogP contribution in [0.4, 0.5) is 5.82 Å². The second-order valence-electron chi connectivity index (χ2n) is 4.13. The molecule has 0 bridgehead atoms. The molecule has 0 atom stereocenters. The molecule has 4 aromatic heterocycles. The molecule has 4 aromatic rings. The summed E-state index contributed by atoms with van der Waals surface area (Å²) in [4.78, 5) is 15.4. The van der Waals surface area contributed by atoms with Gasteiger partial charge < -0.3 is 10.7 Å². The van der Waals surface area contributed by atoms with E-state index in [9.17, 15) is 0 Å². The van der Waals surface area contributed by atoms with E-state index in [1.807, 2.05) is 6.92 Å². The van der Waals surface area contributed by atoms with Gasteiger partial charge in [0.25, 0.3) is 0 Å². The summed E-state index contributed by atoms with van der Waals surface area (Å²) < 4.78 is 1.62. The van der Waals surface area contributed by atoms with E-state index in [1.165, 1.54) is 6.33 Å². The number of aromatic nitrogens is 8. The standard InChI is InChI=1S/C10H9N9/c1-4-5-7(11)16-17-9(5)19(18-4)10-6-8(13-2-12-6)14-3-15-10/h2-3H,1H3,(H3,11,16,17)(H,12,13,14,15). The van der Waals surface area contributed by atoms with E-state index in [-0.39, 0.29) is 0 Å². The molecule has 0 aliphatic rings. The lowest BCUT2D eigenvalue weighted by molar-refractivity contribution is 0.839. The minimum Gasteiger partial charge on any atom is -0.383 e. The summed E-state index contributed by atoms with van der Waals surface area (Å²) in [5.74, 6) is 1.08. The number of H-pyrrole nitrogens is 2. The van der Waals surface area contributed by atoms with E-state index < -0.39 is 0 Å². The summed E-state index contributed by atoms with van der Waals surface area (Å²) in [5, 5.41) is 12.1. The normalized spacial score (nSPS) is 11.6.